The molecule has 0 saturated carbocycles. The molecule has 114 valence electrons. The Labute approximate surface area is 128 Å². The number of nitrogens with zero attached hydrogens (tertiary/aromatic N) is 4. The standard InChI is InChI=1S/C16H19N5O/c1-13(11-21-10-4-7-18-21)16(22)17-8-6-14-12-20-9-3-2-5-15(20)19-14/h2-5,7,9-10,12-13H,6,8,11H2,1H3,(H,17,22). The zero-order chi connectivity index (χ0) is 15.4. The molecule has 3 aromatic heterocycles. The summed E-state index contributed by atoms with van der Waals surface area (Å²) in [5.41, 5.74) is 1.90. The predicted molar refractivity (Wildman–Crippen MR) is 83.3 cm³/mol. The SMILES string of the molecule is CC(Cn1cccn1)C(=O)NCCc1cn2ccccc2n1. The molecule has 0 aromatic carbocycles. The minimum Gasteiger partial charge on any atom is -0.355 e. The summed E-state index contributed by atoms with van der Waals surface area (Å²) in [4.78, 5) is 16.6. The van der Waals surface area contributed by atoms with Crippen LogP contribution in [-0.4, -0.2) is 31.6 Å². The van der Waals surface area contributed by atoms with E-state index in [1.165, 1.54) is 0 Å². The Hall–Kier alpha value is -2.63. The molecule has 0 saturated heterocycles. The average molecular weight is 297 g/mol. The molecule has 1 amide bonds. The molecule has 0 radical (unpaired) electrons. The number of carbonyl (C=O) groups is 1. The normalized spacial score (nSPS) is 12.4. The molecule has 1 N–H and O–H groups in total. The lowest BCUT2D eigenvalue weighted by Crippen LogP contribution is -2.33. The molecule has 0 bridgehead atoms. The summed E-state index contributed by atoms with van der Waals surface area (Å²) in [6.45, 7) is 3.08. The molecular formula is C16H19N5O. The Kier molecular flexibility index (Phi) is 4.18. The van der Waals surface area contributed by atoms with Gasteiger partial charge in [0.05, 0.1) is 18.2 Å². The zero-order valence-corrected chi connectivity index (χ0v) is 12.5. The number of imidazole rings is 1. The van der Waals surface area contributed by atoms with Crippen LogP contribution in [0.25, 0.3) is 5.65 Å². The van der Waals surface area contributed by atoms with Crippen LogP contribution < -0.4 is 5.32 Å². The van der Waals surface area contributed by atoms with Crippen LogP contribution in [0.4, 0.5) is 0 Å². The highest BCUT2D eigenvalue weighted by Crippen LogP contribution is 2.05. The molecule has 0 fully saturated rings. The van der Waals surface area contributed by atoms with Crippen LogP contribution in [0, 0.1) is 5.92 Å². The molecule has 0 aliphatic carbocycles. The summed E-state index contributed by atoms with van der Waals surface area (Å²) in [5, 5.41) is 7.07. The lowest BCUT2D eigenvalue weighted by molar-refractivity contribution is -0.124. The first-order valence-electron chi connectivity index (χ1n) is 7.40. The number of amides is 1. The van der Waals surface area contributed by atoms with E-state index in [2.05, 4.69) is 15.4 Å². The number of hydrogen-bond donors (Lipinski definition) is 1. The molecule has 6 nitrogen and oxygen atoms in total. The van der Waals surface area contributed by atoms with Crippen LogP contribution in [0.1, 0.15) is 12.6 Å². The molecule has 0 aliphatic rings. The van der Waals surface area contributed by atoms with Gasteiger partial charge in [-0.15, -0.1) is 0 Å². The van der Waals surface area contributed by atoms with E-state index >= 15 is 0 Å². The number of pyridine rings is 1. The third-order valence-electron chi connectivity index (χ3n) is 3.56. The lowest BCUT2D eigenvalue weighted by atomic mass is 10.1. The van der Waals surface area contributed by atoms with E-state index in [1.807, 2.05) is 54.2 Å². The third-order valence-corrected chi connectivity index (χ3v) is 3.56. The second-order valence-corrected chi connectivity index (χ2v) is 5.37. The van der Waals surface area contributed by atoms with Crippen LogP contribution in [0.15, 0.2) is 49.1 Å². The van der Waals surface area contributed by atoms with E-state index in [9.17, 15) is 4.79 Å². The number of aromatic nitrogens is 4. The van der Waals surface area contributed by atoms with Gasteiger partial charge in [0.1, 0.15) is 5.65 Å². The first-order chi connectivity index (χ1) is 10.7. The van der Waals surface area contributed by atoms with E-state index in [-0.39, 0.29) is 11.8 Å². The Morgan fingerprint density at radius 1 is 1.32 bits per heavy atom. The van der Waals surface area contributed by atoms with Crippen molar-refractivity contribution in [3.05, 3.63) is 54.7 Å². The quantitative estimate of drug-likeness (QED) is 0.750. The maximum atomic E-state index is 12.1. The number of carbonyl (C=O) groups excluding carboxylic acids is 1. The van der Waals surface area contributed by atoms with Crippen molar-refractivity contribution in [3.8, 4) is 0 Å². The van der Waals surface area contributed by atoms with Gasteiger partial charge in [-0.05, 0) is 18.2 Å². The van der Waals surface area contributed by atoms with E-state index in [1.54, 1.807) is 10.9 Å². The largest absolute Gasteiger partial charge is 0.355 e. The van der Waals surface area contributed by atoms with Gasteiger partial charge in [-0.2, -0.15) is 5.10 Å². The fourth-order valence-electron chi connectivity index (χ4n) is 2.37. The Bertz CT molecular complexity index is 714. The van der Waals surface area contributed by atoms with Crippen LogP contribution in [0.3, 0.4) is 0 Å². The van der Waals surface area contributed by atoms with Crippen molar-refractivity contribution >= 4 is 11.6 Å². The summed E-state index contributed by atoms with van der Waals surface area (Å²) in [6.07, 6.45) is 8.27. The molecule has 0 aliphatic heterocycles. The van der Waals surface area contributed by atoms with Crippen molar-refractivity contribution in [2.45, 2.75) is 19.9 Å². The summed E-state index contributed by atoms with van der Waals surface area (Å²) >= 11 is 0. The molecule has 0 spiro atoms. The minimum atomic E-state index is -0.110. The molecule has 1 atom stereocenters. The Morgan fingerprint density at radius 2 is 2.23 bits per heavy atom. The van der Waals surface area contributed by atoms with Gasteiger partial charge in [0, 0.05) is 37.8 Å². The van der Waals surface area contributed by atoms with Gasteiger partial charge in [-0.3, -0.25) is 9.48 Å². The topological polar surface area (TPSA) is 64.2 Å². The monoisotopic (exact) mass is 297 g/mol. The first-order valence-corrected chi connectivity index (χ1v) is 7.40. The van der Waals surface area contributed by atoms with Gasteiger partial charge in [-0.1, -0.05) is 13.0 Å². The molecule has 3 heterocycles. The maximum absolute atomic E-state index is 12.1. The van der Waals surface area contributed by atoms with Gasteiger partial charge < -0.3 is 9.72 Å². The van der Waals surface area contributed by atoms with Crippen molar-refractivity contribution in [1.82, 2.24) is 24.5 Å². The summed E-state index contributed by atoms with van der Waals surface area (Å²) in [6, 6.07) is 7.75. The molecule has 6 heteroatoms. The van der Waals surface area contributed by atoms with Crippen LogP contribution in [0.5, 0.6) is 0 Å². The van der Waals surface area contributed by atoms with E-state index in [0.717, 1.165) is 17.8 Å². The molecule has 1 unspecified atom stereocenters. The zero-order valence-electron chi connectivity index (χ0n) is 12.5. The van der Waals surface area contributed by atoms with Crippen LogP contribution in [-0.2, 0) is 17.8 Å². The van der Waals surface area contributed by atoms with E-state index in [4.69, 9.17) is 0 Å². The number of fused-ring (bicyclic) bond motifs is 1. The first kappa shape index (κ1) is 14.3. The van der Waals surface area contributed by atoms with Gasteiger partial charge in [0.25, 0.3) is 0 Å². The van der Waals surface area contributed by atoms with Gasteiger partial charge >= 0.3 is 0 Å². The number of hydrogen-bond acceptors (Lipinski definition) is 3. The summed E-state index contributed by atoms with van der Waals surface area (Å²) in [5.74, 6) is -0.0692. The van der Waals surface area contributed by atoms with Crippen LogP contribution >= 0.6 is 0 Å². The number of rotatable bonds is 6. The van der Waals surface area contributed by atoms with Crippen molar-refractivity contribution in [3.63, 3.8) is 0 Å². The Morgan fingerprint density at radius 3 is 3.00 bits per heavy atom. The minimum absolute atomic E-state index is 0.0410. The van der Waals surface area contributed by atoms with Crippen LogP contribution in [0.2, 0.25) is 0 Å². The lowest BCUT2D eigenvalue weighted by Gasteiger charge is -2.11. The van der Waals surface area contributed by atoms with Crippen molar-refractivity contribution in [2.75, 3.05) is 6.54 Å². The smallest absolute Gasteiger partial charge is 0.224 e. The average Bonchev–Trinajstić information content (AvgIpc) is 3.15. The van der Waals surface area contributed by atoms with Gasteiger partial charge in [0.2, 0.25) is 5.91 Å². The highest BCUT2D eigenvalue weighted by Gasteiger charge is 2.13. The highest BCUT2D eigenvalue weighted by atomic mass is 16.1. The Balaban J connectivity index is 1.48. The van der Waals surface area contributed by atoms with Crippen molar-refractivity contribution in [2.24, 2.45) is 5.92 Å². The van der Waals surface area contributed by atoms with Gasteiger partial charge in [-0.25, -0.2) is 4.98 Å². The predicted octanol–water partition coefficient (Wildman–Crippen LogP) is 1.53. The summed E-state index contributed by atoms with van der Waals surface area (Å²) < 4.78 is 3.75. The number of nitrogens with one attached hydrogen (secondary N) is 1. The molecular weight excluding hydrogens is 278 g/mol. The van der Waals surface area contributed by atoms with Crippen molar-refractivity contribution in [1.29, 1.82) is 0 Å². The molecule has 3 rings (SSSR count). The van der Waals surface area contributed by atoms with Gasteiger partial charge in [0.15, 0.2) is 0 Å². The third kappa shape index (κ3) is 3.33. The second kappa shape index (κ2) is 6.43. The maximum Gasteiger partial charge on any atom is 0.224 e. The molecule has 3 aromatic rings. The second-order valence-electron chi connectivity index (χ2n) is 5.37. The fraction of sp³-hybridized carbons (Fsp3) is 0.312. The van der Waals surface area contributed by atoms with E-state index < -0.39 is 0 Å². The highest BCUT2D eigenvalue weighted by molar-refractivity contribution is 5.78. The molecule has 22 heavy (non-hydrogen) atoms. The summed E-state index contributed by atoms with van der Waals surface area (Å²) in [7, 11) is 0. The van der Waals surface area contributed by atoms with E-state index in [0.29, 0.717) is 13.1 Å². The van der Waals surface area contributed by atoms with Crippen molar-refractivity contribution < 1.29 is 4.79 Å². The fourth-order valence-corrected chi connectivity index (χ4v) is 2.37.